The molecule has 0 heterocycles. The van der Waals surface area contributed by atoms with E-state index in [0.29, 0.717) is 33.0 Å². The van der Waals surface area contributed by atoms with Gasteiger partial charge in [0.05, 0.1) is 5.69 Å². The van der Waals surface area contributed by atoms with E-state index in [1.807, 2.05) is 56.3 Å². The first-order valence-corrected chi connectivity index (χ1v) is 9.86. The Labute approximate surface area is 180 Å². The van der Waals surface area contributed by atoms with Crippen molar-refractivity contribution in [2.75, 3.05) is 5.32 Å². The summed E-state index contributed by atoms with van der Waals surface area (Å²) in [7, 11) is 0. The monoisotopic (exact) mass is 429 g/mol. The summed E-state index contributed by atoms with van der Waals surface area (Å²) in [4.78, 5) is 12.7. The van der Waals surface area contributed by atoms with Crippen molar-refractivity contribution in [1.29, 1.82) is 0 Å². The predicted octanol–water partition coefficient (Wildman–Crippen LogP) is 6.81. The SMILES string of the molecule is Cc1cc(O[C@H](C)C(=O)Nc2cc(Cl)ccc2Oc2ccccc2)cc(C)c1Cl. The van der Waals surface area contributed by atoms with Crippen molar-refractivity contribution in [3.8, 4) is 17.2 Å². The molecule has 3 rings (SSSR count). The average Bonchev–Trinajstić information content (AvgIpc) is 2.69. The Bertz CT molecular complexity index is 999. The number of rotatable bonds is 6. The van der Waals surface area contributed by atoms with E-state index >= 15 is 0 Å². The van der Waals surface area contributed by atoms with Crippen molar-refractivity contribution in [3.63, 3.8) is 0 Å². The van der Waals surface area contributed by atoms with Gasteiger partial charge in [0, 0.05) is 10.0 Å². The molecule has 29 heavy (non-hydrogen) atoms. The second kappa shape index (κ2) is 9.21. The zero-order valence-electron chi connectivity index (χ0n) is 16.3. The number of para-hydroxylation sites is 1. The van der Waals surface area contributed by atoms with Crippen molar-refractivity contribution < 1.29 is 14.3 Å². The van der Waals surface area contributed by atoms with Crippen LogP contribution < -0.4 is 14.8 Å². The Kier molecular flexibility index (Phi) is 6.68. The predicted molar refractivity (Wildman–Crippen MR) is 118 cm³/mol. The third-order valence-corrected chi connectivity index (χ3v) is 5.09. The van der Waals surface area contributed by atoms with Gasteiger partial charge in [-0.15, -0.1) is 0 Å². The zero-order valence-corrected chi connectivity index (χ0v) is 17.8. The van der Waals surface area contributed by atoms with Crippen LogP contribution >= 0.6 is 23.2 Å². The maximum Gasteiger partial charge on any atom is 0.265 e. The lowest BCUT2D eigenvalue weighted by atomic mass is 10.1. The van der Waals surface area contributed by atoms with E-state index in [0.717, 1.165) is 11.1 Å². The molecule has 1 amide bonds. The lowest BCUT2D eigenvalue weighted by molar-refractivity contribution is -0.122. The van der Waals surface area contributed by atoms with E-state index in [4.69, 9.17) is 32.7 Å². The van der Waals surface area contributed by atoms with Gasteiger partial charge < -0.3 is 14.8 Å². The van der Waals surface area contributed by atoms with Crippen LogP contribution in [0.3, 0.4) is 0 Å². The number of benzene rings is 3. The number of carbonyl (C=O) groups excluding carboxylic acids is 1. The molecule has 1 N–H and O–H groups in total. The zero-order chi connectivity index (χ0) is 21.0. The molecule has 0 radical (unpaired) electrons. The van der Waals surface area contributed by atoms with Crippen LogP contribution in [0.15, 0.2) is 60.7 Å². The molecule has 0 aliphatic rings. The van der Waals surface area contributed by atoms with Gasteiger partial charge in [-0.05, 0) is 74.4 Å². The van der Waals surface area contributed by atoms with Crippen molar-refractivity contribution in [3.05, 3.63) is 81.8 Å². The first-order valence-electron chi connectivity index (χ1n) is 9.10. The van der Waals surface area contributed by atoms with Crippen LogP contribution in [0.2, 0.25) is 10.0 Å². The summed E-state index contributed by atoms with van der Waals surface area (Å²) < 4.78 is 11.7. The van der Waals surface area contributed by atoms with Gasteiger partial charge in [-0.25, -0.2) is 0 Å². The van der Waals surface area contributed by atoms with Crippen molar-refractivity contribution in [2.45, 2.75) is 26.9 Å². The van der Waals surface area contributed by atoms with Crippen molar-refractivity contribution >= 4 is 34.8 Å². The maximum atomic E-state index is 12.7. The van der Waals surface area contributed by atoms with Gasteiger partial charge in [-0.2, -0.15) is 0 Å². The maximum absolute atomic E-state index is 12.7. The number of amides is 1. The standard InChI is InChI=1S/C23H21Cl2NO3/c1-14-11-19(12-15(2)22(14)25)28-16(3)23(27)26-20-13-17(24)9-10-21(20)29-18-7-5-4-6-8-18/h4-13,16H,1-3H3,(H,26,27)/t16-/m1/s1. The normalized spacial score (nSPS) is 11.6. The molecular weight excluding hydrogens is 409 g/mol. The van der Waals surface area contributed by atoms with Gasteiger partial charge in [-0.1, -0.05) is 41.4 Å². The highest BCUT2D eigenvalue weighted by Gasteiger charge is 2.18. The highest BCUT2D eigenvalue weighted by molar-refractivity contribution is 6.32. The highest BCUT2D eigenvalue weighted by Crippen LogP contribution is 2.32. The largest absolute Gasteiger partial charge is 0.481 e. The van der Waals surface area contributed by atoms with E-state index in [9.17, 15) is 4.79 Å². The number of ether oxygens (including phenoxy) is 2. The molecule has 0 aliphatic carbocycles. The highest BCUT2D eigenvalue weighted by atomic mass is 35.5. The lowest BCUT2D eigenvalue weighted by Gasteiger charge is -2.18. The van der Waals surface area contributed by atoms with Crippen LogP contribution in [-0.4, -0.2) is 12.0 Å². The summed E-state index contributed by atoms with van der Waals surface area (Å²) in [5.74, 6) is 1.40. The number of nitrogens with one attached hydrogen (secondary N) is 1. The molecule has 0 fully saturated rings. The number of hydrogen-bond donors (Lipinski definition) is 1. The van der Waals surface area contributed by atoms with Crippen LogP contribution in [0.5, 0.6) is 17.2 Å². The number of aryl methyl sites for hydroxylation is 2. The number of halogens is 2. The van der Waals surface area contributed by atoms with Gasteiger partial charge in [0.1, 0.15) is 11.5 Å². The Balaban J connectivity index is 1.75. The van der Waals surface area contributed by atoms with Crippen LogP contribution in [0.4, 0.5) is 5.69 Å². The molecule has 0 spiro atoms. The molecule has 3 aromatic carbocycles. The number of hydrogen-bond acceptors (Lipinski definition) is 3. The van der Waals surface area contributed by atoms with E-state index < -0.39 is 6.10 Å². The van der Waals surface area contributed by atoms with Gasteiger partial charge in [0.2, 0.25) is 0 Å². The van der Waals surface area contributed by atoms with E-state index in [2.05, 4.69) is 5.32 Å². The number of anilines is 1. The van der Waals surface area contributed by atoms with Gasteiger partial charge in [0.15, 0.2) is 11.9 Å². The molecule has 3 aromatic rings. The topological polar surface area (TPSA) is 47.6 Å². The fourth-order valence-electron chi connectivity index (χ4n) is 2.77. The van der Waals surface area contributed by atoms with Crippen molar-refractivity contribution in [1.82, 2.24) is 0 Å². The molecule has 0 bridgehead atoms. The Morgan fingerprint density at radius 2 is 1.59 bits per heavy atom. The summed E-state index contributed by atoms with van der Waals surface area (Å²) in [6.07, 6.45) is -0.737. The van der Waals surface area contributed by atoms with E-state index in [-0.39, 0.29) is 5.91 Å². The fraction of sp³-hybridized carbons (Fsp3) is 0.174. The lowest BCUT2D eigenvalue weighted by Crippen LogP contribution is -2.30. The molecule has 0 saturated heterocycles. The molecule has 4 nitrogen and oxygen atoms in total. The van der Waals surface area contributed by atoms with Gasteiger partial charge in [0.25, 0.3) is 5.91 Å². The van der Waals surface area contributed by atoms with Gasteiger partial charge in [-0.3, -0.25) is 4.79 Å². The summed E-state index contributed by atoms with van der Waals surface area (Å²) in [6.45, 7) is 5.47. The molecule has 0 unspecified atom stereocenters. The summed E-state index contributed by atoms with van der Waals surface area (Å²) >= 11 is 12.3. The number of carbonyl (C=O) groups is 1. The Hall–Kier alpha value is -2.69. The second-order valence-electron chi connectivity index (χ2n) is 6.68. The van der Waals surface area contributed by atoms with E-state index in [1.165, 1.54) is 0 Å². The summed E-state index contributed by atoms with van der Waals surface area (Å²) in [5, 5.41) is 4.01. The molecule has 150 valence electrons. The molecule has 0 aromatic heterocycles. The van der Waals surface area contributed by atoms with Crippen LogP contribution in [-0.2, 0) is 4.79 Å². The minimum Gasteiger partial charge on any atom is -0.481 e. The van der Waals surface area contributed by atoms with Crippen LogP contribution in [0.25, 0.3) is 0 Å². The first-order chi connectivity index (χ1) is 13.8. The minimum absolute atomic E-state index is 0.324. The van der Waals surface area contributed by atoms with E-state index in [1.54, 1.807) is 25.1 Å². The quantitative estimate of drug-likeness (QED) is 0.467. The smallest absolute Gasteiger partial charge is 0.265 e. The third-order valence-electron chi connectivity index (χ3n) is 4.26. The molecule has 0 saturated carbocycles. The van der Waals surface area contributed by atoms with Crippen molar-refractivity contribution in [2.24, 2.45) is 0 Å². The third kappa shape index (κ3) is 5.43. The summed E-state index contributed by atoms with van der Waals surface area (Å²) in [6, 6.07) is 18.0. The Morgan fingerprint density at radius 1 is 0.931 bits per heavy atom. The molecule has 0 aliphatic heterocycles. The average molecular weight is 430 g/mol. The first kappa shape index (κ1) is 21.0. The molecule has 1 atom stereocenters. The fourth-order valence-corrected chi connectivity index (χ4v) is 3.05. The molecular formula is C23H21Cl2NO3. The Morgan fingerprint density at radius 3 is 2.24 bits per heavy atom. The molecule has 6 heteroatoms. The minimum atomic E-state index is -0.737. The summed E-state index contributed by atoms with van der Waals surface area (Å²) in [5.41, 5.74) is 2.25. The second-order valence-corrected chi connectivity index (χ2v) is 7.49. The van der Waals surface area contributed by atoms with Crippen LogP contribution in [0.1, 0.15) is 18.1 Å². The van der Waals surface area contributed by atoms with Crippen LogP contribution in [0, 0.1) is 13.8 Å². The van der Waals surface area contributed by atoms with Gasteiger partial charge >= 0.3 is 0 Å².